The van der Waals surface area contributed by atoms with Crippen LogP contribution in [0.15, 0.2) is 42.9 Å². The fourth-order valence-electron chi connectivity index (χ4n) is 3.27. The van der Waals surface area contributed by atoms with Crippen molar-refractivity contribution in [2.75, 3.05) is 12.4 Å². The fourth-order valence-corrected chi connectivity index (χ4v) is 4.10. The van der Waals surface area contributed by atoms with Gasteiger partial charge in [0.05, 0.1) is 48.9 Å². The maximum Gasteiger partial charge on any atom is 0.229 e. The number of aryl methyl sites for hydroxylation is 1. The van der Waals surface area contributed by atoms with Crippen LogP contribution in [0.25, 0.3) is 11.3 Å². The molecule has 3 heterocycles. The van der Waals surface area contributed by atoms with Crippen molar-refractivity contribution in [3.05, 3.63) is 64.8 Å². The smallest absolute Gasteiger partial charge is 0.229 e. The number of nitrogens with zero attached hydrogens (tertiary/aromatic N) is 5. The Morgan fingerprint density at radius 1 is 1.19 bits per heavy atom. The molecule has 0 radical (unpaired) electrons. The highest BCUT2D eigenvalue weighted by Gasteiger charge is 2.19. The van der Waals surface area contributed by atoms with E-state index in [1.165, 1.54) is 11.3 Å². The summed E-state index contributed by atoms with van der Waals surface area (Å²) in [4.78, 5) is 13.2. The number of halogens is 1. The highest BCUT2D eigenvalue weighted by atomic mass is 32.1. The monoisotopic (exact) mass is 454 g/mol. The predicted octanol–water partition coefficient (Wildman–Crippen LogP) is 4.18. The number of aliphatic hydroxyl groups is 1. The summed E-state index contributed by atoms with van der Waals surface area (Å²) in [6.45, 7) is 2.54. The summed E-state index contributed by atoms with van der Waals surface area (Å²) in [5, 5.41) is 18.2. The molecule has 0 spiro atoms. The van der Waals surface area contributed by atoms with E-state index in [4.69, 9.17) is 9.84 Å². The minimum absolute atomic E-state index is 0.159. The van der Waals surface area contributed by atoms with Gasteiger partial charge in [0, 0.05) is 11.8 Å². The molecule has 1 aromatic carbocycles. The number of rotatable bonds is 9. The van der Waals surface area contributed by atoms with Crippen molar-refractivity contribution in [3.8, 4) is 17.0 Å². The Bertz CT molecular complexity index is 1170. The van der Waals surface area contributed by atoms with E-state index in [2.05, 4.69) is 27.2 Å². The van der Waals surface area contributed by atoms with Crippen molar-refractivity contribution >= 4 is 22.4 Å². The summed E-state index contributed by atoms with van der Waals surface area (Å²) >= 11 is 1.30. The van der Waals surface area contributed by atoms with Crippen LogP contribution in [0.2, 0.25) is 0 Å². The van der Waals surface area contributed by atoms with Gasteiger partial charge < -0.3 is 15.2 Å². The minimum atomic E-state index is -0.514. The zero-order valence-electron chi connectivity index (χ0n) is 17.7. The third-order valence-corrected chi connectivity index (χ3v) is 5.72. The van der Waals surface area contributed by atoms with Crippen LogP contribution in [0.4, 0.5) is 15.5 Å². The number of benzene rings is 1. The highest BCUT2D eigenvalue weighted by molar-refractivity contribution is 7.16. The van der Waals surface area contributed by atoms with E-state index in [0.717, 1.165) is 47.8 Å². The maximum atomic E-state index is 13.1. The molecule has 0 bridgehead atoms. The van der Waals surface area contributed by atoms with E-state index in [0.29, 0.717) is 22.2 Å². The molecule has 0 aliphatic carbocycles. The van der Waals surface area contributed by atoms with Gasteiger partial charge in [-0.3, -0.25) is 4.68 Å². The number of ether oxygens (including phenoxy) is 1. The second kappa shape index (κ2) is 9.84. The Morgan fingerprint density at radius 2 is 1.94 bits per heavy atom. The summed E-state index contributed by atoms with van der Waals surface area (Å²) in [5.41, 5.74) is 3.57. The van der Waals surface area contributed by atoms with Crippen LogP contribution in [-0.4, -0.2) is 36.9 Å². The number of aromatic nitrogens is 5. The van der Waals surface area contributed by atoms with Crippen LogP contribution in [0.5, 0.6) is 5.75 Å². The average Bonchev–Trinajstić information content (AvgIpc) is 3.39. The van der Waals surface area contributed by atoms with Gasteiger partial charge in [0.1, 0.15) is 5.75 Å². The van der Waals surface area contributed by atoms with Crippen molar-refractivity contribution in [2.45, 2.75) is 32.9 Å². The second-order valence-electron chi connectivity index (χ2n) is 7.08. The van der Waals surface area contributed by atoms with Crippen molar-refractivity contribution in [3.63, 3.8) is 0 Å². The van der Waals surface area contributed by atoms with Gasteiger partial charge in [-0.2, -0.15) is 5.10 Å². The third-order valence-electron chi connectivity index (χ3n) is 4.76. The van der Waals surface area contributed by atoms with Gasteiger partial charge in [0.2, 0.25) is 5.95 Å². The number of hydrogen-bond acceptors (Lipinski definition) is 8. The van der Waals surface area contributed by atoms with E-state index in [9.17, 15) is 9.50 Å². The van der Waals surface area contributed by atoms with Gasteiger partial charge in [-0.1, -0.05) is 36.8 Å². The predicted molar refractivity (Wildman–Crippen MR) is 121 cm³/mol. The summed E-state index contributed by atoms with van der Waals surface area (Å²) in [7, 11) is 1.64. The largest absolute Gasteiger partial charge is 0.497 e. The molecule has 8 nitrogen and oxygen atoms in total. The molecule has 3 aromatic heterocycles. The minimum Gasteiger partial charge on any atom is -0.497 e. The molecular formula is C22H23FN6O2S. The third kappa shape index (κ3) is 4.92. The standard InChI is InChI=1S/C22H23FN6O2S/c1-3-4-18-17(12-29(28-18)11-14-5-7-16(31-2)8-6-14)20-19(13-30)32-22(26-20)27-21-24-9-15(23)10-25-21/h5-10,12,30H,3-4,11,13H2,1-2H3,(H,24,25,26,27). The van der Waals surface area contributed by atoms with Gasteiger partial charge >= 0.3 is 0 Å². The van der Waals surface area contributed by atoms with Crippen molar-refractivity contribution < 1.29 is 14.2 Å². The van der Waals surface area contributed by atoms with E-state index in [-0.39, 0.29) is 12.6 Å². The van der Waals surface area contributed by atoms with Crippen molar-refractivity contribution in [1.29, 1.82) is 0 Å². The quantitative estimate of drug-likeness (QED) is 0.391. The first kappa shape index (κ1) is 21.8. The average molecular weight is 455 g/mol. The SMILES string of the molecule is CCCc1nn(Cc2ccc(OC)cc2)cc1-c1nc(Nc2ncc(F)cn2)sc1CO. The van der Waals surface area contributed by atoms with Crippen molar-refractivity contribution in [2.24, 2.45) is 0 Å². The van der Waals surface area contributed by atoms with Gasteiger partial charge in [0.15, 0.2) is 10.9 Å². The lowest BCUT2D eigenvalue weighted by Crippen LogP contribution is -2.01. The number of anilines is 2. The van der Waals surface area contributed by atoms with Gasteiger partial charge in [-0.25, -0.2) is 19.3 Å². The lowest BCUT2D eigenvalue weighted by atomic mass is 10.1. The number of methoxy groups -OCH3 is 1. The summed E-state index contributed by atoms with van der Waals surface area (Å²) in [6, 6.07) is 7.86. The number of nitrogens with one attached hydrogen (secondary N) is 1. The molecule has 0 aliphatic heterocycles. The first-order chi connectivity index (χ1) is 15.6. The molecule has 4 aromatic rings. The Hall–Kier alpha value is -3.37. The summed E-state index contributed by atoms with van der Waals surface area (Å²) in [6.07, 6.45) is 5.84. The molecule has 0 aliphatic rings. The number of aliphatic hydroxyl groups excluding tert-OH is 1. The van der Waals surface area contributed by atoms with Crippen LogP contribution >= 0.6 is 11.3 Å². The lowest BCUT2D eigenvalue weighted by Gasteiger charge is -2.03. The van der Waals surface area contributed by atoms with Gasteiger partial charge in [-0.15, -0.1) is 0 Å². The summed E-state index contributed by atoms with van der Waals surface area (Å²) in [5.74, 6) is 0.530. The molecule has 2 N–H and O–H groups in total. The fraction of sp³-hybridized carbons (Fsp3) is 0.273. The van der Waals surface area contributed by atoms with E-state index in [1.807, 2.05) is 35.1 Å². The topological polar surface area (TPSA) is 98.0 Å². The molecule has 4 rings (SSSR count). The molecule has 0 saturated carbocycles. The van der Waals surface area contributed by atoms with E-state index >= 15 is 0 Å². The molecule has 166 valence electrons. The van der Waals surface area contributed by atoms with Crippen LogP contribution in [0.3, 0.4) is 0 Å². The molecule has 0 fully saturated rings. The molecule has 0 unspecified atom stereocenters. The molecule has 0 saturated heterocycles. The first-order valence-electron chi connectivity index (χ1n) is 10.1. The van der Waals surface area contributed by atoms with Crippen LogP contribution in [0.1, 0.15) is 29.5 Å². The highest BCUT2D eigenvalue weighted by Crippen LogP contribution is 2.34. The Balaban J connectivity index is 1.63. The normalized spacial score (nSPS) is 11.0. The van der Waals surface area contributed by atoms with Gasteiger partial charge in [-0.05, 0) is 24.1 Å². The number of hydrogen-bond donors (Lipinski definition) is 2. The molecule has 0 amide bonds. The van der Waals surface area contributed by atoms with Crippen molar-refractivity contribution in [1.82, 2.24) is 24.7 Å². The zero-order chi connectivity index (χ0) is 22.5. The Morgan fingerprint density at radius 3 is 2.59 bits per heavy atom. The molecular weight excluding hydrogens is 431 g/mol. The van der Waals surface area contributed by atoms with Crippen LogP contribution < -0.4 is 10.1 Å². The molecule has 10 heteroatoms. The number of thiazole rings is 1. The lowest BCUT2D eigenvalue weighted by molar-refractivity contribution is 0.286. The zero-order valence-corrected chi connectivity index (χ0v) is 18.6. The van der Waals surface area contributed by atoms with Crippen LogP contribution in [-0.2, 0) is 19.6 Å². The molecule has 32 heavy (non-hydrogen) atoms. The Labute approximate surface area is 188 Å². The summed E-state index contributed by atoms with van der Waals surface area (Å²) < 4.78 is 20.2. The molecule has 0 atom stereocenters. The van der Waals surface area contributed by atoms with E-state index in [1.54, 1.807) is 7.11 Å². The van der Waals surface area contributed by atoms with Gasteiger partial charge in [0.25, 0.3) is 0 Å². The van der Waals surface area contributed by atoms with E-state index < -0.39 is 5.82 Å². The Kier molecular flexibility index (Phi) is 6.72. The maximum absolute atomic E-state index is 13.1. The second-order valence-corrected chi connectivity index (χ2v) is 8.17. The first-order valence-corrected chi connectivity index (χ1v) is 11.0. The van der Waals surface area contributed by atoms with Crippen LogP contribution in [0, 0.1) is 5.82 Å².